The summed E-state index contributed by atoms with van der Waals surface area (Å²) in [4.78, 5) is 19.1. The lowest BCUT2D eigenvalue weighted by atomic mass is 9.88. The van der Waals surface area contributed by atoms with Crippen LogP contribution in [0.4, 0.5) is 0 Å². The van der Waals surface area contributed by atoms with Crippen LogP contribution in [0.1, 0.15) is 56.7 Å². The summed E-state index contributed by atoms with van der Waals surface area (Å²) in [6, 6.07) is 1.33. The van der Waals surface area contributed by atoms with Crippen LogP contribution in [-0.2, 0) is 11.2 Å². The van der Waals surface area contributed by atoms with Gasteiger partial charge in [0, 0.05) is 44.9 Å². The number of aryl methyl sites for hydroxylation is 1. The van der Waals surface area contributed by atoms with E-state index in [0.29, 0.717) is 35.7 Å². The van der Waals surface area contributed by atoms with E-state index in [-0.39, 0.29) is 12.4 Å². The smallest absolute Gasteiger partial charge is 0.223 e. The first-order valence-corrected chi connectivity index (χ1v) is 9.48. The molecule has 4 rings (SSSR count). The van der Waals surface area contributed by atoms with Crippen molar-refractivity contribution in [2.45, 2.75) is 70.4 Å². The highest BCUT2D eigenvalue weighted by Gasteiger charge is 2.35. The van der Waals surface area contributed by atoms with Gasteiger partial charge in [-0.3, -0.25) is 4.79 Å². The van der Waals surface area contributed by atoms with Gasteiger partial charge in [0.2, 0.25) is 11.8 Å². The average molecular weight is 369 g/mol. The van der Waals surface area contributed by atoms with Gasteiger partial charge in [0.15, 0.2) is 5.82 Å². The molecule has 140 valence electrons. The molecule has 0 radical (unpaired) electrons. The number of halogens is 1. The summed E-state index contributed by atoms with van der Waals surface area (Å²) in [5, 5.41) is 7.66. The predicted molar refractivity (Wildman–Crippen MR) is 96.6 cm³/mol. The van der Waals surface area contributed by atoms with Gasteiger partial charge in [0.25, 0.3) is 0 Å². The maximum atomic E-state index is 12.8. The molecule has 1 aromatic heterocycles. The Morgan fingerprint density at radius 1 is 1.24 bits per heavy atom. The summed E-state index contributed by atoms with van der Waals surface area (Å²) in [7, 11) is 0. The molecule has 1 N–H and O–H groups in total. The van der Waals surface area contributed by atoms with Crippen molar-refractivity contribution >= 4 is 18.3 Å². The summed E-state index contributed by atoms with van der Waals surface area (Å²) in [5.74, 6) is 2.80. The quantitative estimate of drug-likeness (QED) is 0.884. The van der Waals surface area contributed by atoms with Crippen LogP contribution in [0.2, 0.25) is 0 Å². The fraction of sp³-hybridized carbons (Fsp3) is 0.833. The van der Waals surface area contributed by atoms with Crippen LogP contribution < -0.4 is 5.32 Å². The van der Waals surface area contributed by atoms with E-state index in [4.69, 9.17) is 4.52 Å². The van der Waals surface area contributed by atoms with E-state index in [9.17, 15) is 4.79 Å². The largest absolute Gasteiger partial charge is 0.342 e. The molecular weight excluding hydrogens is 340 g/mol. The molecule has 0 aliphatic carbocycles. The van der Waals surface area contributed by atoms with Crippen LogP contribution in [0.3, 0.4) is 0 Å². The van der Waals surface area contributed by atoms with Gasteiger partial charge in [0.1, 0.15) is 0 Å². The van der Waals surface area contributed by atoms with Crippen molar-refractivity contribution in [3.05, 3.63) is 11.7 Å². The summed E-state index contributed by atoms with van der Waals surface area (Å²) in [6.07, 6.45) is 8.75. The van der Waals surface area contributed by atoms with E-state index in [1.54, 1.807) is 0 Å². The Morgan fingerprint density at radius 3 is 2.68 bits per heavy atom. The molecule has 3 aliphatic rings. The van der Waals surface area contributed by atoms with Crippen LogP contribution >= 0.6 is 12.4 Å². The molecule has 0 aromatic carbocycles. The number of piperidine rings is 2. The van der Waals surface area contributed by atoms with Crippen LogP contribution in [0.25, 0.3) is 0 Å². The minimum absolute atomic E-state index is 0. The minimum atomic E-state index is 0. The fourth-order valence-electron chi connectivity index (χ4n) is 4.86. The maximum Gasteiger partial charge on any atom is 0.223 e. The van der Waals surface area contributed by atoms with Crippen molar-refractivity contribution in [3.8, 4) is 0 Å². The van der Waals surface area contributed by atoms with E-state index < -0.39 is 0 Å². The van der Waals surface area contributed by atoms with Crippen LogP contribution in [0.5, 0.6) is 0 Å². The number of fused-ring (bicyclic) bond motifs is 2. The predicted octanol–water partition coefficient (Wildman–Crippen LogP) is 2.50. The number of carbonyl (C=O) groups excluding carboxylic acids is 1. The first-order chi connectivity index (χ1) is 11.7. The first-order valence-electron chi connectivity index (χ1n) is 9.48. The molecule has 3 saturated heterocycles. The minimum Gasteiger partial charge on any atom is -0.342 e. The molecule has 0 saturated carbocycles. The zero-order valence-electron chi connectivity index (χ0n) is 14.9. The normalized spacial score (nSPS) is 31.6. The monoisotopic (exact) mass is 368 g/mol. The van der Waals surface area contributed by atoms with Crippen LogP contribution in [-0.4, -0.2) is 46.1 Å². The summed E-state index contributed by atoms with van der Waals surface area (Å²) in [6.45, 7) is 3.59. The Balaban J connectivity index is 0.00000182. The van der Waals surface area contributed by atoms with Gasteiger partial charge >= 0.3 is 0 Å². The van der Waals surface area contributed by atoms with E-state index >= 15 is 0 Å². The molecule has 25 heavy (non-hydrogen) atoms. The van der Waals surface area contributed by atoms with Crippen molar-refractivity contribution < 1.29 is 9.32 Å². The standard InChI is InChI=1S/C18H28N4O2.ClH/c1-12-19-17(21-24-12)9-13-3-2-6-22(11-13)18(23)10-14-7-15-4-5-16(8-14)20-15;/h13-16,20H,2-11H2,1H3;1H. The zero-order valence-corrected chi connectivity index (χ0v) is 15.8. The number of hydrogen-bond acceptors (Lipinski definition) is 5. The van der Waals surface area contributed by atoms with E-state index in [2.05, 4.69) is 20.4 Å². The SMILES string of the molecule is Cc1nc(CC2CCCN(C(=O)CC3CC4CCC(C3)N4)C2)no1.Cl. The second-order valence-corrected chi connectivity index (χ2v) is 7.96. The number of carbonyl (C=O) groups is 1. The van der Waals surface area contributed by atoms with Crippen molar-refractivity contribution in [2.24, 2.45) is 11.8 Å². The molecule has 7 heteroatoms. The third-order valence-electron chi connectivity index (χ3n) is 5.95. The number of nitrogens with one attached hydrogen (secondary N) is 1. The number of likely N-dealkylation sites (tertiary alicyclic amines) is 1. The van der Waals surface area contributed by atoms with Crippen molar-refractivity contribution in [1.29, 1.82) is 0 Å². The number of rotatable bonds is 4. The van der Waals surface area contributed by atoms with E-state index in [0.717, 1.165) is 44.6 Å². The second-order valence-electron chi connectivity index (χ2n) is 7.96. The first kappa shape index (κ1) is 18.6. The number of aromatic nitrogens is 2. The molecule has 1 amide bonds. The van der Waals surface area contributed by atoms with E-state index in [1.165, 1.54) is 25.7 Å². The molecule has 6 nitrogen and oxygen atoms in total. The lowest BCUT2D eigenvalue weighted by Gasteiger charge is -2.35. The number of nitrogens with zero attached hydrogens (tertiary/aromatic N) is 3. The topological polar surface area (TPSA) is 71.3 Å². The molecule has 1 aromatic rings. The summed E-state index contributed by atoms with van der Waals surface area (Å²) >= 11 is 0. The molecule has 0 spiro atoms. The molecule has 3 unspecified atom stereocenters. The average Bonchev–Trinajstić information content (AvgIpc) is 3.12. The summed E-state index contributed by atoms with van der Waals surface area (Å²) in [5.41, 5.74) is 0. The van der Waals surface area contributed by atoms with Crippen molar-refractivity contribution in [1.82, 2.24) is 20.4 Å². The van der Waals surface area contributed by atoms with Gasteiger partial charge in [-0.2, -0.15) is 4.98 Å². The van der Waals surface area contributed by atoms with Gasteiger partial charge in [-0.25, -0.2) is 0 Å². The number of amides is 1. The van der Waals surface area contributed by atoms with Gasteiger partial charge in [0.05, 0.1) is 0 Å². The Labute approximate surface area is 155 Å². The lowest BCUT2D eigenvalue weighted by molar-refractivity contribution is -0.134. The molecule has 4 heterocycles. The Bertz CT molecular complexity index is 581. The third-order valence-corrected chi connectivity index (χ3v) is 5.95. The third kappa shape index (κ3) is 4.53. The Hall–Kier alpha value is -1.14. The summed E-state index contributed by atoms with van der Waals surface area (Å²) < 4.78 is 5.06. The van der Waals surface area contributed by atoms with Gasteiger partial charge in [-0.05, 0) is 50.4 Å². The van der Waals surface area contributed by atoms with Crippen molar-refractivity contribution in [3.63, 3.8) is 0 Å². The Kier molecular flexibility index (Phi) is 6.00. The maximum absolute atomic E-state index is 12.8. The van der Waals surface area contributed by atoms with E-state index in [1.807, 2.05) is 6.92 Å². The molecular formula is C18H29ClN4O2. The molecule has 3 fully saturated rings. The van der Waals surface area contributed by atoms with Crippen molar-refractivity contribution in [2.75, 3.05) is 13.1 Å². The molecule has 3 atom stereocenters. The van der Waals surface area contributed by atoms with Gasteiger partial charge in [-0.15, -0.1) is 12.4 Å². The highest BCUT2D eigenvalue weighted by atomic mass is 35.5. The van der Waals surface area contributed by atoms with Gasteiger partial charge in [-0.1, -0.05) is 5.16 Å². The Morgan fingerprint density at radius 2 is 2.00 bits per heavy atom. The fourth-order valence-corrected chi connectivity index (χ4v) is 4.86. The lowest BCUT2D eigenvalue weighted by Crippen LogP contribution is -2.43. The molecule has 2 bridgehead atoms. The van der Waals surface area contributed by atoms with Crippen LogP contribution in [0.15, 0.2) is 4.52 Å². The number of hydrogen-bond donors (Lipinski definition) is 1. The zero-order chi connectivity index (χ0) is 16.5. The van der Waals surface area contributed by atoms with Crippen LogP contribution in [0, 0.1) is 18.8 Å². The molecule has 3 aliphatic heterocycles. The highest BCUT2D eigenvalue weighted by Crippen LogP contribution is 2.33. The second kappa shape index (κ2) is 8.04. The highest BCUT2D eigenvalue weighted by molar-refractivity contribution is 5.85. The van der Waals surface area contributed by atoms with Gasteiger partial charge < -0.3 is 14.7 Å².